The highest BCUT2D eigenvalue weighted by Gasteiger charge is 2.40. The Morgan fingerprint density at radius 2 is 1.82 bits per heavy atom. The van der Waals surface area contributed by atoms with Crippen LogP contribution in [0.5, 0.6) is 0 Å². The minimum Gasteiger partial charge on any atom is -0.481 e. The molecule has 6 rings (SSSR count). The van der Waals surface area contributed by atoms with Crippen LogP contribution >= 0.6 is 11.3 Å². The number of halogens is 1. The van der Waals surface area contributed by atoms with Gasteiger partial charge in [-0.15, -0.1) is 0 Å². The van der Waals surface area contributed by atoms with Gasteiger partial charge in [-0.05, 0) is 42.5 Å². The number of fused-ring (bicyclic) bond motifs is 1. The maximum atomic E-state index is 15.6. The molecule has 0 spiro atoms. The first kappa shape index (κ1) is 25.9. The smallest absolute Gasteiger partial charge is 0.304 e. The number of carbonyl (C=O) groups excluding carboxylic acids is 1. The van der Waals surface area contributed by atoms with Crippen molar-refractivity contribution in [1.29, 1.82) is 0 Å². The molecule has 0 unspecified atom stereocenters. The molecular weight excluding hydrogens is 527 g/mol. The standard InChI is InChI=1S/C31H27FN4O3S/c1-35-14-13-20-16-22(18-33-29(20)35)24-9-5-6-10-25(24)27-28(32)40-31(34-27)36(23-11-12-23)30(39)21(17-26(37)38)15-19-7-3-2-4-8-19/h2-10,13-14,16,18,21,23H,11-12,15,17H2,1H3,(H,37,38)/t21-/m1/s1. The predicted octanol–water partition coefficient (Wildman–Crippen LogP) is 6.33. The van der Waals surface area contributed by atoms with Crippen LogP contribution in [0.2, 0.25) is 0 Å². The molecular formula is C31H27FN4O3S. The van der Waals surface area contributed by atoms with Gasteiger partial charge in [0.2, 0.25) is 11.0 Å². The first-order valence-corrected chi connectivity index (χ1v) is 14.0. The van der Waals surface area contributed by atoms with Gasteiger partial charge >= 0.3 is 5.97 Å². The molecule has 1 atom stereocenters. The van der Waals surface area contributed by atoms with Crippen LogP contribution in [0.15, 0.2) is 79.1 Å². The summed E-state index contributed by atoms with van der Waals surface area (Å²) in [6.07, 6.45) is 5.23. The summed E-state index contributed by atoms with van der Waals surface area (Å²) in [5.74, 6) is -2.16. The summed E-state index contributed by atoms with van der Waals surface area (Å²) in [7, 11) is 1.93. The van der Waals surface area contributed by atoms with Crippen molar-refractivity contribution in [3.63, 3.8) is 0 Å². The summed E-state index contributed by atoms with van der Waals surface area (Å²) < 4.78 is 17.6. The molecule has 1 aliphatic carbocycles. The lowest BCUT2D eigenvalue weighted by Crippen LogP contribution is -2.39. The molecule has 1 saturated carbocycles. The number of carboxylic acid groups (broad SMARTS) is 1. The van der Waals surface area contributed by atoms with Gasteiger partial charge in [0.05, 0.1) is 12.3 Å². The average molecular weight is 555 g/mol. The number of thiazole rings is 1. The molecule has 5 aromatic rings. The Balaban J connectivity index is 1.36. The summed E-state index contributed by atoms with van der Waals surface area (Å²) in [6.45, 7) is 0. The lowest BCUT2D eigenvalue weighted by molar-refractivity contribution is -0.140. The van der Waals surface area contributed by atoms with E-state index < -0.39 is 17.0 Å². The second-order valence-electron chi connectivity index (χ2n) is 10.2. The number of hydrogen-bond donors (Lipinski definition) is 1. The van der Waals surface area contributed by atoms with Gasteiger partial charge in [-0.25, -0.2) is 9.97 Å². The van der Waals surface area contributed by atoms with E-state index in [4.69, 9.17) is 0 Å². The molecule has 202 valence electrons. The molecule has 7 nitrogen and oxygen atoms in total. The van der Waals surface area contributed by atoms with Gasteiger partial charge in [0.15, 0.2) is 5.13 Å². The van der Waals surface area contributed by atoms with Crippen LogP contribution < -0.4 is 4.90 Å². The number of benzene rings is 2. The van der Waals surface area contributed by atoms with Crippen LogP contribution in [-0.2, 0) is 23.1 Å². The number of hydrogen-bond acceptors (Lipinski definition) is 5. The van der Waals surface area contributed by atoms with E-state index in [-0.39, 0.29) is 35.6 Å². The molecule has 1 aliphatic rings. The zero-order chi connectivity index (χ0) is 27.8. The first-order chi connectivity index (χ1) is 19.4. The molecule has 0 radical (unpaired) electrons. The molecule has 1 amide bonds. The van der Waals surface area contributed by atoms with Crippen LogP contribution in [0.1, 0.15) is 24.8 Å². The van der Waals surface area contributed by atoms with Crippen LogP contribution in [0.3, 0.4) is 0 Å². The molecule has 3 heterocycles. The minimum absolute atomic E-state index is 0.113. The van der Waals surface area contributed by atoms with E-state index in [0.29, 0.717) is 5.56 Å². The Hall–Kier alpha value is -4.37. The molecule has 2 aromatic carbocycles. The molecule has 0 saturated heterocycles. The zero-order valence-corrected chi connectivity index (χ0v) is 22.6. The van der Waals surface area contributed by atoms with Crippen molar-refractivity contribution in [2.24, 2.45) is 13.0 Å². The Kier molecular flexibility index (Phi) is 6.89. The molecule has 9 heteroatoms. The van der Waals surface area contributed by atoms with Crippen LogP contribution in [0, 0.1) is 11.0 Å². The van der Waals surface area contributed by atoms with Gasteiger partial charge in [0, 0.05) is 42.0 Å². The number of rotatable bonds is 9. The fraction of sp³-hybridized carbons (Fsp3) is 0.226. The Labute approximate surface area is 234 Å². The number of carbonyl (C=O) groups is 2. The van der Waals surface area contributed by atoms with Gasteiger partial charge in [0.25, 0.3) is 0 Å². The van der Waals surface area contributed by atoms with E-state index in [1.807, 2.05) is 84.5 Å². The van der Waals surface area contributed by atoms with Crippen molar-refractivity contribution in [2.75, 3.05) is 4.90 Å². The van der Waals surface area contributed by atoms with Crippen molar-refractivity contribution in [2.45, 2.75) is 31.7 Å². The zero-order valence-electron chi connectivity index (χ0n) is 21.8. The summed E-state index contributed by atoms with van der Waals surface area (Å²) in [6, 6.07) is 20.7. The number of pyridine rings is 1. The lowest BCUT2D eigenvalue weighted by Gasteiger charge is -2.24. The number of aryl methyl sites for hydroxylation is 1. The Morgan fingerprint density at radius 1 is 1.10 bits per heavy atom. The Bertz CT molecular complexity index is 1710. The van der Waals surface area contributed by atoms with Crippen molar-refractivity contribution in [3.05, 3.63) is 89.8 Å². The molecule has 40 heavy (non-hydrogen) atoms. The summed E-state index contributed by atoms with van der Waals surface area (Å²) in [5.41, 5.74) is 4.13. The van der Waals surface area contributed by atoms with Gasteiger partial charge in [-0.2, -0.15) is 4.39 Å². The summed E-state index contributed by atoms with van der Waals surface area (Å²) >= 11 is 0.827. The third kappa shape index (κ3) is 5.12. The van der Waals surface area contributed by atoms with E-state index in [0.717, 1.165) is 51.9 Å². The van der Waals surface area contributed by atoms with Gasteiger partial charge < -0.3 is 9.67 Å². The second-order valence-corrected chi connectivity index (χ2v) is 11.1. The Morgan fingerprint density at radius 3 is 2.55 bits per heavy atom. The number of carboxylic acids is 1. The second kappa shape index (κ2) is 10.7. The SMILES string of the molecule is Cn1ccc2cc(-c3ccccc3-c3nc(N(C(=O)[C@@H](CC(=O)O)Cc4ccccc4)C4CC4)sc3F)cnc21. The van der Waals surface area contributed by atoms with E-state index in [2.05, 4.69) is 9.97 Å². The molecule has 1 fully saturated rings. The first-order valence-electron chi connectivity index (χ1n) is 13.1. The highest BCUT2D eigenvalue weighted by atomic mass is 32.1. The van der Waals surface area contributed by atoms with Crippen molar-refractivity contribution >= 4 is 39.4 Å². The van der Waals surface area contributed by atoms with Crippen molar-refractivity contribution < 1.29 is 19.1 Å². The van der Waals surface area contributed by atoms with Gasteiger partial charge in [0.1, 0.15) is 11.3 Å². The summed E-state index contributed by atoms with van der Waals surface area (Å²) in [4.78, 5) is 36.3. The fourth-order valence-electron chi connectivity index (χ4n) is 5.12. The maximum absolute atomic E-state index is 15.6. The molecule has 1 N–H and O–H groups in total. The number of amides is 1. The van der Waals surface area contributed by atoms with Crippen molar-refractivity contribution in [3.8, 4) is 22.4 Å². The number of aromatic nitrogens is 3. The molecule has 3 aromatic heterocycles. The van der Waals surface area contributed by atoms with E-state index in [9.17, 15) is 14.7 Å². The monoisotopic (exact) mass is 554 g/mol. The van der Waals surface area contributed by atoms with Gasteiger partial charge in [-0.1, -0.05) is 65.9 Å². The van der Waals surface area contributed by atoms with E-state index >= 15 is 4.39 Å². The maximum Gasteiger partial charge on any atom is 0.304 e. The normalized spacial score (nSPS) is 13.8. The third-order valence-electron chi connectivity index (χ3n) is 7.23. The highest BCUT2D eigenvalue weighted by molar-refractivity contribution is 7.14. The summed E-state index contributed by atoms with van der Waals surface area (Å²) in [5, 5.41) is 10.3. The van der Waals surface area contributed by atoms with Gasteiger partial charge in [-0.3, -0.25) is 14.5 Å². The number of anilines is 1. The van der Waals surface area contributed by atoms with Crippen LogP contribution in [0.4, 0.5) is 9.52 Å². The van der Waals surface area contributed by atoms with E-state index in [1.165, 1.54) is 4.90 Å². The highest BCUT2D eigenvalue weighted by Crippen LogP contribution is 2.41. The van der Waals surface area contributed by atoms with Crippen LogP contribution in [0.25, 0.3) is 33.4 Å². The van der Waals surface area contributed by atoms with Crippen LogP contribution in [-0.4, -0.2) is 37.6 Å². The minimum atomic E-state index is -1.05. The largest absolute Gasteiger partial charge is 0.481 e. The fourth-order valence-corrected chi connectivity index (χ4v) is 6.01. The topological polar surface area (TPSA) is 88.3 Å². The lowest BCUT2D eigenvalue weighted by atomic mass is 9.94. The molecule has 0 bridgehead atoms. The predicted molar refractivity (Wildman–Crippen MR) is 154 cm³/mol. The average Bonchev–Trinajstić information content (AvgIpc) is 3.62. The third-order valence-corrected chi connectivity index (χ3v) is 8.07. The quantitative estimate of drug-likeness (QED) is 0.230. The number of nitrogens with zero attached hydrogens (tertiary/aromatic N) is 4. The van der Waals surface area contributed by atoms with E-state index in [1.54, 1.807) is 6.20 Å². The number of aliphatic carboxylic acids is 1. The van der Waals surface area contributed by atoms with Crippen molar-refractivity contribution in [1.82, 2.24) is 14.5 Å². The molecule has 0 aliphatic heterocycles.